The number of anilines is 1. The Kier molecular flexibility index (Phi) is 11.8. The number of nitro benzene ring substituents is 1. The molecular weight excluding hydrogens is 707 g/mol. The average Bonchev–Trinajstić information content (AvgIpc) is 3.63. The molecule has 5 rings (SSSR count). The molecule has 0 spiro atoms. The first kappa shape index (κ1) is 39.4. The van der Waals surface area contributed by atoms with E-state index in [9.17, 15) is 20.2 Å². The SMILES string of the molecule is CC(C)C(=O)Nc1nc(Oc2ccccc2[N+](=O)[O-])c2ncn([C@@H]3O[C@@H]4CO[Si](C(C)C)(C(C)C)O[Si](C(C)C)(C(C)C)O[C@H]4[C@H]3OCC#N)c2n1. The summed E-state index contributed by atoms with van der Waals surface area (Å²) in [6, 6.07) is 7.94. The lowest BCUT2D eigenvalue weighted by molar-refractivity contribution is -0.385. The van der Waals surface area contributed by atoms with Crippen LogP contribution in [0.25, 0.3) is 11.2 Å². The van der Waals surface area contributed by atoms with Crippen molar-refractivity contribution in [3.05, 3.63) is 40.7 Å². The Morgan fingerprint density at radius 1 is 1.06 bits per heavy atom. The van der Waals surface area contributed by atoms with Crippen LogP contribution in [0.4, 0.5) is 11.6 Å². The van der Waals surface area contributed by atoms with Crippen LogP contribution in [0.5, 0.6) is 11.6 Å². The first-order chi connectivity index (χ1) is 24.6. The fraction of sp³-hybridized carbons (Fsp3) is 0.618. The molecule has 0 radical (unpaired) electrons. The number of nitrogens with one attached hydrogen (secondary N) is 1. The lowest BCUT2D eigenvalue weighted by atomic mass is 10.1. The van der Waals surface area contributed by atoms with Gasteiger partial charge in [-0.3, -0.25) is 24.8 Å². The number of hydrogen-bond donors (Lipinski definition) is 1. The number of fused-ring (bicyclic) bond motifs is 2. The highest BCUT2D eigenvalue weighted by atomic mass is 28.5. The lowest BCUT2D eigenvalue weighted by Crippen LogP contribution is -2.66. The quantitative estimate of drug-likeness (QED) is 0.114. The fourth-order valence-electron chi connectivity index (χ4n) is 6.91. The van der Waals surface area contributed by atoms with Crippen LogP contribution in [0.15, 0.2) is 30.6 Å². The number of imidazole rings is 1. The second kappa shape index (κ2) is 15.6. The van der Waals surface area contributed by atoms with Crippen LogP contribution >= 0.6 is 0 Å². The standard InChI is InChI=1S/C34H49N7O9Si2/c1-19(2)31(42)38-34-37-30-27(32(39-34)47-25-14-12-11-13-24(25)41(43)44)36-18-40(30)33-29(45-16-15-35)28-26(48-33)17-46-51(20(3)4,21(5)6)50-52(49-28,22(7)8)23(9)10/h11-14,18-23,26,28-29,33H,16-17H2,1-10H3,(H,37,38,39,42)/t26-,28-,29-,33-/m1/s1. The molecule has 2 saturated heterocycles. The van der Waals surface area contributed by atoms with Crippen molar-refractivity contribution in [2.75, 3.05) is 18.5 Å². The molecular formula is C34H49N7O9Si2. The smallest absolute Gasteiger partial charge is 0.335 e. The lowest BCUT2D eigenvalue weighted by Gasteiger charge is -2.51. The Morgan fingerprint density at radius 2 is 1.71 bits per heavy atom. The highest BCUT2D eigenvalue weighted by Gasteiger charge is 2.62. The molecule has 2 aliphatic heterocycles. The van der Waals surface area contributed by atoms with Gasteiger partial charge in [0.05, 0.1) is 23.9 Å². The summed E-state index contributed by atoms with van der Waals surface area (Å²) < 4.78 is 42.2. The predicted molar refractivity (Wildman–Crippen MR) is 195 cm³/mol. The van der Waals surface area contributed by atoms with E-state index < -0.39 is 52.5 Å². The highest BCUT2D eigenvalue weighted by Crippen LogP contribution is 2.49. The van der Waals surface area contributed by atoms with Crippen LogP contribution in [-0.2, 0) is 27.2 Å². The number of amides is 1. The largest absolute Gasteiger partial charge is 0.429 e. The van der Waals surface area contributed by atoms with Crippen molar-refractivity contribution in [3.8, 4) is 17.7 Å². The number of nitro groups is 1. The molecule has 2 aromatic heterocycles. The summed E-state index contributed by atoms with van der Waals surface area (Å²) in [5, 5.41) is 24.2. The molecule has 282 valence electrons. The van der Waals surface area contributed by atoms with Crippen LogP contribution in [0.1, 0.15) is 75.5 Å². The van der Waals surface area contributed by atoms with E-state index in [-0.39, 0.29) is 75.7 Å². The van der Waals surface area contributed by atoms with E-state index in [1.54, 1.807) is 24.5 Å². The topological polar surface area (TPSA) is 195 Å². The zero-order chi connectivity index (χ0) is 38.1. The normalized spacial score (nSPS) is 22.8. The van der Waals surface area contributed by atoms with Gasteiger partial charge in [0.25, 0.3) is 5.88 Å². The molecule has 16 nitrogen and oxygen atoms in total. The maximum absolute atomic E-state index is 12.8. The first-order valence-electron chi connectivity index (χ1n) is 17.7. The van der Waals surface area contributed by atoms with Gasteiger partial charge in [-0.2, -0.15) is 15.2 Å². The molecule has 1 N–H and O–H groups in total. The van der Waals surface area contributed by atoms with Crippen molar-refractivity contribution in [1.82, 2.24) is 19.5 Å². The fourth-order valence-corrected chi connectivity index (χ4v) is 18.1. The third kappa shape index (κ3) is 7.35. The number of carbonyl (C=O) groups is 1. The summed E-state index contributed by atoms with van der Waals surface area (Å²) in [6.07, 6.45) is -1.61. The van der Waals surface area contributed by atoms with Crippen molar-refractivity contribution in [1.29, 1.82) is 5.26 Å². The van der Waals surface area contributed by atoms with Crippen molar-refractivity contribution < 1.29 is 36.9 Å². The number of carbonyl (C=O) groups excluding carboxylic acids is 1. The van der Waals surface area contributed by atoms with Gasteiger partial charge in [-0.15, -0.1) is 0 Å². The molecule has 2 fully saturated rings. The number of benzene rings is 1. The van der Waals surface area contributed by atoms with Crippen LogP contribution in [0.3, 0.4) is 0 Å². The van der Waals surface area contributed by atoms with E-state index in [2.05, 4.69) is 81.7 Å². The molecule has 3 aromatic rings. The van der Waals surface area contributed by atoms with E-state index in [0.717, 1.165) is 0 Å². The molecule has 2 aliphatic rings. The molecule has 0 aliphatic carbocycles. The third-order valence-corrected chi connectivity index (χ3v) is 19.9. The molecule has 4 heterocycles. The Balaban J connectivity index is 1.66. The number of aromatic nitrogens is 4. The zero-order valence-electron chi connectivity index (χ0n) is 31.4. The number of para-hydroxylation sites is 2. The average molecular weight is 756 g/mol. The van der Waals surface area contributed by atoms with Gasteiger partial charge >= 0.3 is 22.8 Å². The van der Waals surface area contributed by atoms with Crippen LogP contribution < -0.4 is 10.1 Å². The van der Waals surface area contributed by atoms with Crippen molar-refractivity contribution >= 4 is 45.8 Å². The van der Waals surface area contributed by atoms with Gasteiger partial charge in [0.2, 0.25) is 17.6 Å². The van der Waals surface area contributed by atoms with E-state index >= 15 is 0 Å². The van der Waals surface area contributed by atoms with Crippen LogP contribution in [-0.4, -0.2) is 79.0 Å². The molecule has 0 unspecified atom stereocenters. The summed E-state index contributed by atoms with van der Waals surface area (Å²) in [5.41, 5.74) is 0.351. The molecule has 18 heteroatoms. The Labute approximate surface area is 305 Å². The molecule has 4 atom stereocenters. The van der Waals surface area contributed by atoms with Crippen molar-refractivity contribution in [2.45, 2.75) is 116 Å². The summed E-state index contributed by atoms with van der Waals surface area (Å²) in [4.78, 5) is 37.7. The minimum Gasteiger partial charge on any atom is -0.429 e. The van der Waals surface area contributed by atoms with Crippen LogP contribution in [0.2, 0.25) is 22.2 Å². The van der Waals surface area contributed by atoms with Crippen molar-refractivity contribution in [2.24, 2.45) is 5.92 Å². The first-order valence-corrected chi connectivity index (χ1v) is 21.6. The Hall–Kier alpha value is -3.84. The van der Waals surface area contributed by atoms with Crippen molar-refractivity contribution in [3.63, 3.8) is 0 Å². The minimum absolute atomic E-state index is 0.0329. The minimum atomic E-state index is -3.10. The monoisotopic (exact) mass is 755 g/mol. The second-order valence-corrected chi connectivity index (χ2v) is 23.5. The van der Waals surface area contributed by atoms with Gasteiger partial charge in [0, 0.05) is 12.0 Å². The number of nitriles is 1. The maximum Gasteiger partial charge on any atom is 0.335 e. The third-order valence-electron chi connectivity index (χ3n) is 9.65. The molecule has 52 heavy (non-hydrogen) atoms. The predicted octanol–water partition coefficient (Wildman–Crippen LogP) is 6.88. The maximum atomic E-state index is 12.8. The van der Waals surface area contributed by atoms with Gasteiger partial charge < -0.3 is 27.2 Å². The van der Waals surface area contributed by atoms with E-state index in [1.807, 2.05) is 0 Å². The van der Waals surface area contributed by atoms with Gasteiger partial charge in [-0.25, -0.2) is 4.98 Å². The van der Waals surface area contributed by atoms with E-state index in [4.69, 9.17) is 27.2 Å². The summed E-state index contributed by atoms with van der Waals surface area (Å²) in [5.74, 6) is -1.07. The number of nitrogens with zero attached hydrogens (tertiary/aromatic N) is 6. The molecule has 0 saturated carbocycles. The summed E-state index contributed by atoms with van der Waals surface area (Å²) in [7, 11) is -5.99. The number of ether oxygens (including phenoxy) is 3. The van der Waals surface area contributed by atoms with Gasteiger partial charge in [-0.05, 0) is 28.2 Å². The summed E-state index contributed by atoms with van der Waals surface area (Å²) in [6.45, 7) is 20.4. The Morgan fingerprint density at radius 3 is 2.31 bits per heavy atom. The molecule has 0 bridgehead atoms. The summed E-state index contributed by atoms with van der Waals surface area (Å²) >= 11 is 0. The molecule has 1 aromatic carbocycles. The van der Waals surface area contributed by atoms with E-state index in [1.165, 1.54) is 24.5 Å². The second-order valence-electron chi connectivity index (χ2n) is 14.7. The van der Waals surface area contributed by atoms with Crippen LogP contribution in [0, 0.1) is 27.4 Å². The number of hydrogen-bond acceptors (Lipinski definition) is 13. The van der Waals surface area contributed by atoms with Gasteiger partial charge in [0.15, 0.2) is 17.4 Å². The van der Waals surface area contributed by atoms with Gasteiger partial charge in [0.1, 0.15) is 24.9 Å². The molecule has 1 amide bonds. The highest BCUT2D eigenvalue weighted by molar-refractivity contribution is 6.84. The zero-order valence-corrected chi connectivity index (χ0v) is 33.4. The number of rotatable bonds is 12. The van der Waals surface area contributed by atoms with E-state index in [0.29, 0.717) is 0 Å². The van der Waals surface area contributed by atoms with Gasteiger partial charge in [-0.1, -0.05) is 81.4 Å². The Bertz CT molecular complexity index is 1800.